The summed E-state index contributed by atoms with van der Waals surface area (Å²) in [4.78, 5) is 28.2. The molecule has 1 amide bonds. The normalized spacial score (nSPS) is 15.2. The maximum atomic E-state index is 12.8. The topological polar surface area (TPSA) is 49.3 Å². The van der Waals surface area contributed by atoms with E-state index < -0.39 is 0 Å². The number of rotatable bonds is 6. The summed E-state index contributed by atoms with van der Waals surface area (Å²) in [5.74, 6) is 1.28. The molecule has 3 heterocycles. The Labute approximate surface area is 159 Å². The van der Waals surface area contributed by atoms with Crippen LogP contribution in [0, 0.1) is 19.8 Å². The summed E-state index contributed by atoms with van der Waals surface area (Å²) in [6.07, 6.45) is 6.89. The highest BCUT2D eigenvalue weighted by atomic mass is 32.1. The van der Waals surface area contributed by atoms with Gasteiger partial charge in [0.1, 0.15) is 17.0 Å². The molecule has 1 aliphatic heterocycles. The van der Waals surface area contributed by atoms with Gasteiger partial charge < -0.3 is 9.80 Å². The van der Waals surface area contributed by atoms with E-state index in [1.807, 2.05) is 4.90 Å². The highest BCUT2D eigenvalue weighted by Gasteiger charge is 2.29. The molecule has 5 nitrogen and oxygen atoms in total. The van der Waals surface area contributed by atoms with Crippen LogP contribution in [0.2, 0.25) is 0 Å². The Kier molecular flexibility index (Phi) is 5.71. The Morgan fingerprint density at radius 1 is 1.27 bits per heavy atom. The highest BCUT2D eigenvalue weighted by Crippen LogP contribution is 2.35. The van der Waals surface area contributed by atoms with E-state index in [2.05, 4.69) is 41.9 Å². The highest BCUT2D eigenvalue weighted by molar-refractivity contribution is 7.18. The van der Waals surface area contributed by atoms with Crippen molar-refractivity contribution in [3.63, 3.8) is 0 Å². The molecule has 0 unspecified atom stereocenters. The Bertz CT molecular complexity index is 811. The minimum Gasteiger partial charge on any atom is -0.356 e. The lowest BCUT2D eigenvalue weighted by Gasteiger charge is -2.34. The van der Waals surface area contributed by atoms with Gasteiger partial charge in [-0.15, -0.1) is 24.5 Å². The van der Waals surface area contributed by atoms with Crippen LogP contribution in [0.25, 0.3) is 10.2 Å². The summed E-state index contributed by atoms with van der Waals surface area (Å²) < 4.78 is 0. The first-order chi connectivity index (χ1) is 12.6. The fourth-order valence-corrected chi connectivity index (χ4v) is 4.56. The molecule has 0 aliphatic carbocycles. The van der Waals surface area contributed by atoms with E-state index in [-0.39, 0.29) is 11.8 Å². The average molecular weight is 371 g/mol. The van der Waals surface area contributed by atoms with Gasteiger partial charge in [0, 0.05) is 37.0 Å². The fourth-order valence-electron chi connectivity index (χ4n) is 3.57. The van der Waals surface area contributed by atoms with Gasteiger partial charge in [0.2, 0.25) is 5.91 Å². The number of piperidine rings is 1. The van der Waals surface area contributed by atoms with E-state index in [1.54, 1.807) is 29.8 Å². The third-order valence-electron chi connectivity index (χ3n) is 5.10. The number of aryl methyl sites for hydroxylation is 2. The van der Waals surface area contributed by atoms with Gasteiger partial charge in [0.15, 0.2) is 0 Å². The van der Waals surface area contributed by atoms with Gasteiger partial charge in [-0.3, -0.25) is 4.79 Å². The first-order valence-corrected chi connectivity index (χ1v) is 9.84. The summed E-state index contributed by atoms with van der Waals surface area (Å²) in [5.41, 5.74) is 1.27. The van der Waals surface area contributed by atoms with Crippen LogP contribution in [-0.4, -0.2) is 47.0 Å². The summed E-state index contributed by atoms with van der Waals surface area (Å²) in [7, 11) is 0. The van der Waals surface area contributed by atoms with Crippen molar-refractivity contribution in [1.29, 1.82) is 0 Å². The molecule has 1 fully saturated rings. The second kappa shape index (κ2) is 7.99. The lowest BCUT2D eigenvalue weighted by molar-refractivity contribution is -0.135. The molecule has 0 spiro atoms. The lowest BCUT2D eigenvalue weighted by atomic mass is 9.95. The molecule has 0 bridgehead atoms. The Morgan fingerprint density at radius 2 is 1.92 bits per heavy atom. The second-order valence-electron chi connectivity index (χ2n) is 6.74. The first-order valence-electron chi connectivity index (χ1n) is 9.03. The molecule has 26 heavy (non-hydrogen) atoms. The number of anilines is 1. The number of hydrogen-bond donors (Lipinski definition) is 0. The van der Waals surface area contributed by atoms with Crippen LogP contribution in [0.1, 0.15) is 23.3 Å². The zero-order valence-electron chi connectivity index (χ0n) is 15.6. The maximum Gasteiger partial charge on any atom is 0.226 e. The van der Waals surface area contributed by atoms with Crippen molar-refractivity contribution >= 4 is 33.3 Å². The van der Waals surface area contributed by atoms with E-state index in [1.165, 1.54) is 15.8 Å². The van der Waals surface area contributed by atoms with E-state index in [0.29, 0.717) is 13.1 Å². The van der Waals surface area contributed by atoms with Crippen LogP contribution < -0.4 is 4.90 Å². The molecular formula is C20H26N4OS. The third-order valence-corrected chi connectivity index (χ3v) is 6.21. The molecule has 1 aliphatic rings. The van der Waals surface area contributed by atoms with E-state index >= 15 is 0 Å². The third kappa shape index (κ3) is 3.51. The van der Waals surface area contributed by atoms with Crippen molar-refractivity contribution in [2.45, 2.75) is 26.7 Å². The minimum absolute atomic E-state index is 0.0637. The number of thiophene rings is 1. The van der Waals surface area contributed by atoms with Gasteiger partial charge in [0.25, 0.3) is 0 Å². The SMILES string of the molecule is C=CCN(CC=C)C(=O)C1CCN(c2ncnc3sc(C)c(C)c23)CC1. The van der Waals surface area contributed by atoms with Crippen molar-refractivity contribution in [3.05, 3.63) is 42.1 Å². The zero-order valence-corrected chi connectivity index (χ0v) is 16.4. The number of amides is 1. The van der Waals surface area contributed by atoms with Gasteiger partial charge in [-0.1, -0.05) is 12.2 Å². The predicted molar refractivity (Wildman–Crippen MR) is 109 cm³/mol. The monoisotopic (exact) mass is 370 g/mol. The molecule has 138 valence electrons. The van der Waals surface area contributed by atoms with Gasteiger partial charge in [-0.05, 0) is 32.3 Å². The summed E-state index contributed by atoms with van der Waals surface area (Å²) in [5, 5.41) is 1.17. The van der Waals surface area contributed by atoms with E-state index in [0.717, 1.165) is 36.6 Å². The van der Waals surface area contributed by atoms with Crippen molar-refractivity contribution < 1.29 is 4.79 Å². The Balaban J connectivity index is 1.74. The van der Waals surface area contributed by atoms with Gasteiger partial charge >= 0.3 is 0 Å². The molecule has 1 saturated heterocycles. The number of carbonyl (C=O) groups is 1. The number of aromatic nitrogens is 2. The smallest absolute Gasteiger partial charge is 0.226 e. The summed E-state index contributed by atoms with van der Waals surface area (Å²) >= 11 is 1.72. The second-order valence-corrected chi connectivity index (χ2v) is 7.95. The zero-order chi connectivity index (χ0) is 18.7. The van der Waals surface area contributed by atoms with Crippen molar-refractivity contribution in [2.75, 3.05) is 31.1 Å². The van der Waals surface area contributed by atoms with E-state index in [9.17, 15) is 4.79 Å². The molecule has 6 heteroatoms. The number of hydrogen-bond acceptors (Lipinski definition) is 5. The number of fused-ring (bicyclic) bond motifs is 1. The van der Waals surface area contributed by atoms with Crippen LogP contribution in [0.15, 0.2) is 31.6 Å². The molecule has 0 radical (unpaired) electrons. The quantitative estimate of drug-likeness (QED) is 0.727. The molecule has 0 saturated carbocycles. The van der Waals surface area contributed by atoms with Crippen LogP contribution in [0.3, 0.4) is 0 Å². The van der Waals surface area contributed by atoms with Gasteiger partial charge in [0.05, 0.1) is 5.39 Å². The Hall–Kier alpha value is -2.21. The van der Waals surface area contributed by atoms with E-state index in [4.69, 9.17) is 0 Å². The molecule has 0 N–H and O–H groups in total. The maximum absolute atomic E-state index is 12.8. The standard InChI is InChI=1S/C20H26N4OS/c1-5-9-24(10-6-2)20(25)16-7-11-23(12-8-16)18-17-14(3)15(4)26-19(17)22-13-21-18/h5-6,13,16H,1-2,7-12H2,3-4H3. The van der Waals surface area contributed by atoms with Crippen molar-refractivity contribution in [2.24, 2.45) is 5.92 Å². The van der Waals surface area contributed by atoms with Crippen molar-refractivity contribution in [3.8, 4) is 0 Å². The lowest BCUT2D eigenvalue weighted by Crippen LogP contribution is -2.43. The van der Waals surface area contributed by atoms with Crippen LogP contribution in [-0.2, 0) is 4.79 Å². The fraction of sp³-hybridized carbons (Fsp3) is 0.450. The largest absolute Gasteiger partial charge is 0.356 e. The van der Waals surface area contributed by atoms with Crippen LogP contribution >= 0.6 is 11.3 Å². The molecule has 0 aromatic carbocycles. The molecule has 3 rings (SSSR count). The molecule has 0 atom stereocenters. The average Bonchev–Trinajstić information content (AvgIpc) is 2.95. The Morgan fingerprint density at radius 3 is 2.54 bits per heavy atom. The summed E-state index contributed by atoms with van der Waals surface area (Å²) in [6.45, 7) is 14.6. The molecule has 2 aromatic rings. The molecular weight excluding hydrogens is 344 g/mol. The van der Waals surface area contributed by atoms with Crippen molar-refractivity contribution in [1.82, 2.24) is 14.9 Å². The molecule has 2 aromatic heterocycles. The minimum atomic E-state index is 0.0637. The first kappa shape index (κ1) is 18.6. The number of nitrogens with zero attached hydrogens (tertiary/aromatic N) is 4. The number of carbonyl (C=O) groups excluding carboxylic acids is 1. The summed E-state index contributed by atoms with van der Waals surface area (Å²) in [6, 6.07) is 0. The van der Waals surface area contributed by atoms with Gasteiger partial charge in [-0.25, -0.2) is 9.97 Å². The van der Waals surface area contributed by atoms with Crippen LogP contribution in [0.5, 0.6) is 0 Å². The predicted octanol–water partition coefficient (Wildman–Crippen LogP) is 3.73. The van der Waals surface area contributed by atoms with Gasteiger partial charge in [-0.2, -0.15) is 0 Å². The van der Waals surface area contributed by atoms with Crippen LogP contribution in [0.4, 0.5) is 5.82 Å².